The molecular formula is C27H32ClN3O3S2. The molecule has 1 saturated heterocycles. The smallest absolute Gasteiger partial charge is 0.265 e. The van der Waals surface area contributed by atoms with Gasteiger partial charge in [0.2, 0.25) is 0 Å². The van der Waals surface area contributed by atoms with E-state index in [2.05, 4.69) is 15.2 Å². The van der Waals surface area contributed by atoms with Gasteiger partial charge in [-0.15, -0.1) is 11.3 Å². The number of nitrogens with one attached hydrogen (secondary N) is 1. The third-order valence-corrected chi connectivity index (χ3v) is 11.4. The van der Waals surface area contributed by atoms with Crippen molar-refractivity contribution in [3.8, 4) is 0 Å². The number of hydrogen-bond donors (Lipinski definition) is 1. The number of amides is 1. The van der Waals surface area contributed by atoms with Crippen LogP contribution in [0.15, 0.2) is 36.4 Å². The predicted octanol–water partition coefficient (Wildman–Crippen LogP) is 6.50. The molecule has 0 spiro atoms. The quantitative estimate of drug-likeness (QED) is 0.370. The van der Waals surface area contributed by atoms with Crippen LogP contribution in [0.5, 0.6) is 0 Å². The number of pyridine rings is 1. The van der Waals surface area contributed by atoms with E-state index < -0.39 is 14.6 Å². The number of rotatable bonds is 5. The molecule has 0 radical (unpaired) electrons. The minimum atomic E-state index is -3.30. The second-order valence-corrected chi connectivity index (χ2v) is 14.7. The first-order chi connectivity index (χ1) is 17.0. The van der Waals surface area contributed by atoms with Gasteiger partial charge < -0.3 is 10.2 Å². The van der Waals surface area contributed by atoms with Crippen molar-refractivity contribution < 1.29 is 13.2 Å². The number of piperidine rings is 1. The Bertz CT molecular complexity index is 1420. The fourth-order valence-corrected chi connectivity index (χ4v) is 7.16. The molecule has 9 heteroatoms. The first kappa shape index (κ1) is 25.5. The highest BCUT2D eigenvalue weighted by Crippen LogP contribution is 2.38. The number of carbonyl (C=O) groups is 1. The van der Waals surface area contributed by atoms with Crippen LogP contribution in [-0.4, -0.2) is 38.7 Å². The first-order valence-electron chi connectivity index (χ1n) is 12.5. The highest BCUT2D eigenvalue weighted by atomic mass is 35.5. The lowest BCUT2D eigenvalue weighted by Crippen LogP contribution is -2.42. The molecule has 5 rings (SSSR count). The summed E-state index contributed by atoms with van der Waals surface area (Å²) in [5.41, 5.74) is 1.33. The van der Waals surface area contributed by atoms with Crippen LogP contribution in [-0.2, 0) is 14.6 Å². The second kappa shape index (κ2) is 9.62. The van der Waals surface area contributed by atoms with E-state index in [9.17, 15) is 13.2 Å². The van der Waals surface area contributed by atoms with Gasteiger partial charge in [0.15, 0.2) is 9.84 Å². The van der Waals surface area contributed by atoms with Crippen molar-refractivity contribution in [3.63, 3.8) is 0 Å². The number of benzene rings is 1. The zero-order valence-corrected chi connectivity index (χ0v) is 23.3. The minimum absolute atomic E-state index is 0.223. The van der Waals surface area contributed by atoms with Crippen LogP contribution in [0.4, 0.5) is 11.5 Å². The van der Waals surface area contributed by atoms with E-state index in [1.807, 2.05) is 30.3 Å². The SMILES string of the molecule is CC(C)(c1ccc2sc(C(=O)Nc3cc(Cl)nc(N4CCC5CCCCC5C4)c3)cc2c1)S(C)(=O)=O. The molecule has 2 aliphatic rings. The van der Waals surface area contributed by atoms with E-state index in [0.717, 1.165) is 34.9 Å². The topological polar surface area (TPSA) is 79.4 Å². The number of anilines is 2. The zero-order chi connectivity index (χ0) is 25.7. The fraction of sp³-hybridized carbons (Fsp3) is 0.481. The second-order valence-electron chi connectivity index (χ2n) is 10.7. The van der Waals surface area contributed by atoms with Crippen LogP contribution >= 0.6 is 22.9 Å². The van der Waals surface area contributed by atoms with Crippen molar-refractivity contribution in [2.24, 2.45) is 11.8 Å². The lowest BCUT2D eigenvalue weighted by Gasteiger charge is -2.41. The molecular weight excluding hydrogens is 514 g/mol. The summed E-state index contributed by atoms with van der Waals surface area (Å²) in [7, 11) is -3.30. The number of carbonyl (C=O) groups excluding carboxylic acids is 1. The Kier molecular flexibility index (Phi) is 6.81. The third-order valence-electron chi connectivity index (χ3n) is 8.02. The molecule has 3 heterocycles. The van der Waals surface area contributed by atoms with Crippen LogP contribution in [0.3, 0.4) is 0 Å². The van der Waals surface area contributed by atoms with Crippen molar-refractivity contribution in [2.45, 2.75) is 50.7 Å². The number of thiophene rings is 1. The number of sulfone groups is 1. The van der Waals surface area contributed by atoms with E-state index in [1.165, 1.54) is 49.7 Å². The van der Waals surface area contributed by atoms with Crippen molar-refractivity contribution in [3.05, 3.63) is 52.0 Å². The normalized spacial score (nSPS) is 20.8. The van der Waals surface area contributed by atoms with Crippen molar-refractivity contribution in [1.29, 1.82) is 0 Å². The molecule has 1 aromatic carbocycles. The minimum Gasteiger partial charge on any atom is -0.356 e. The lowest BCUT2D eigenvalue weighted by molar-refractivity contribution is 0.103. The van der Waals surface area contributed by atoms with Crippen molar-refractivity contribution in [1.82, 2.24) is 4.98 Å². The van der Waals surface area contributed by atoms with Crippen LogP contribution < -0.4 is 10.2 Å². The zero-order valence-electron chi connectivity index (χ0n) is 20.9. The third kappa shape index (κ3) is 5.00. The molecule has 1 aliphatic heterocycles. The van der Waals surface area contributed by atoms with Gasteiger partial charge in [-0.3, -0.25) is 4.79 Å². The van der Waals surface area contributed by atoms with Crippen molar-refractivity contribution >= 4 is 60.3 Å². The Morgan fingerprint density at radius 3 is 2.61 bits per heavy atom. The van der Waals surface area contributed by atoms with Gasteiger partial charge in [-0.05, 0) is 73.7 Å². The first-order valence-corrected chi connectivity index (χ1v) is 15.6. The van der Waals surface area contributed by atoms with E-state index >= 15 is 0 Å². The molecule has 0 bridgehead atoms. The van der Waals surface area contributed by atoms with Crippen LogP contribution in [0, 0.1) is 11.8 Å². The maximum atomic E-state index is 13.1. The number of halogens is 1. The average molecular weight is 546 g/mol. The maximum absolute atomic E-state index is 13.1. The molecule has 3 aromatic rings. The number of hydrogen-bond acceptors (Lipinski definition) is 6. The largest absolute Gasteiger partial charge is 0.356 e. The molecule has 1 aliphatic carbocycles. The summed E-state index contributed by atoms with van der Waals surface area (Å²) in [5.74, 6) is 2.12. The number of nitrogens with zero attached hydrogens (tertiary/aromatic N) is 2. The Morgan fingerprint density at radius 1 is 1.11 bits per heavy atom. The summed E-state index contributed by atoms with van der Waals surface area (Å²) in [4.78, 5) is 20.6. The van der Waals surface area contributed by atoms with Gasteiger partial charge >= 0.3 is 0 Å². The van der Waals surface area contributed by atoms with Crippen LogP contribution in [0.2, 0.25) is 5.15 Å². The fourth-order valence-electron chi connectivity index (χ4n) is 5.46. The number of aromatic nitrogens is 1. The molecule has 192 valence electrons. The summed E-state index contributed by atoms with van der Waals surface area (Å²) in [6.07, 6.45) is 7.70. The summed E-state index contributed by atoms with van der Waals surface area (Å²) in [5, 5.41) is 4.20. The monoisotopic (exact) mass is 545 g/mol. The van der Waals surface area contributed by atoms with E-state index in [4.69, 9.17) is 11.6 Å². The Morgan fingerprint density at radius 2 is 1.86 bits per heavy atom. The highest BCUT2D eigenvalue weighted by Gasteiger charge is 2.33. The number of fused-ring (bicyclic) bond motifs is 2. The average Bonchev–Trinajstić information content (AvgIpc) is 3.26. The Labute approximate surface area is 222 Å². The van der Waals surface area contributed by atoms with E-state index in [1.54, 1.807) is 19.9 Å². The van der Waals surface area contributed by atoms with Gasteiger partial charge in [-0.1, -0.05) is 36.9 Å². The molecule has 1 saturated carbocycles. The molecule has 2 fully saturated rings. The standard InChI is InChI=1S/C27H32ClN3O3S2/c1-27(2,36(3,33)34)20-8-9-22-19(12-20)13-23(35-22)26(32)29-21-14-24(28)30-25(15-21)31-11-10-17-6-4-5-7-18(17)16-31/h8-9,12-15,17-18H,4-7,10-11,16H2,1-3H3,(H,29,30,32). The van der Waals surface area contributed by atoms with E-state index in [0.29, 0.717) is 27.2 Å². The molecule has 2 unspecified atom stereocenters. The summed E-state index contributed by atoms with van der Waals surface area (Å²) in [6.45, 7) is 5.36. The van der Waals surface area contributed by atoms with E-state index in [-0.39, 0.29) is 5.91 Å². The van der Waals surface area contributed by atoms with Gasteiger partial charge in [0.25, 0.3) is 5.91 Å². The molecule has 1 N–H and O–H groups in total. The molecule has 6 nitrogen and oxygen atoms in total. The lowest BCUT2D eigenvalue weighted by atomic mass is 9.75. The summed E-state index contributed by atoms with van der Waals surface area (Å²) >= 11 is 7.74. The Hall–Kier alpha value is -2.16. The van der Waals surface area contributed by atoms with Gasteiger partial charge in [0.05, 0.1) is 9.62 Å². The highest BCUT2D eigenvalue weighted by molar-refractivity contribution is 7.91. The summed E-state index contributed by atoms with van der Waals surface area (Å²) < 4.78 is 24.4. The van der Waals surface area contributed by atoms with Crippen molar-refractivity contribution in [2.75, 3.05) is 29.6 Å². The van der Waals surface area contributed by atoms with Gasteiger partial charge in [-0.2, -0.15) is 0 Å². The van der Waals surface area contributed by atoms with Gasteiger partial charge in [0, 0.05) is 35.8 Å². The van der Waals surface area contributed by atoms with Gasteiger partial charge in [-0.25, -0.2) is 13.4 Å². The molecule has 1 amide bonds. The van der Waals surface area contributed by atoms with Crippen LogP contribution in [0.1, 0.15) is 61.2 Å². The van der Waals surface area contributed by atoms with Crippen LogP contribution in [0.25, 0.3) is 10.1 Å². The maximum Gasteiger partial charge on any atom is 0.265 e. The predicted molar refractivity (Wildman–Crippen MR) is 149 cm³/mol. The molecule has 36 heavy (non-hydrogen) atoms. The van der Waals surface area contributed by atoms with Gasteiger partial charge in [0.1, 0.15) is 11.0 Å². The molecule has 2 aromatic heterocycles. The Balaban J connectivity index is 1.35. The summed E-state index contributed by atoms with van der Waals surface area (Å²) in [6, 6.07) is 11.0. The molecule has 2 atom stereocenters.